The molecule has 1 aliphatic carbocycles. The largest absolute Gasteiger partial charge is 0.484 e. The van der Waals surface area contributed by atoms with Crippen molar-refractivity contribution in [2.75, 3.05) is 0 Å². The van der Waals surface area contributed by atoms with Gasteiger partial charge >= 0.3 is 0 Å². The molecule has 1 N–H and O–H groups in total. The van der Waals surface area contributed by atoms with Gasteiger partial charge in [-0.05, 0) is 86.0 Å². The first-order valence-corrected chi connectivity index (χ1v) is 11.8. The number of benzene rings is 3. The second kappa shape index (κ2) is 8.96. The van der Waals surface area contributed by atoms with Crippen LogP contribution in [-0.2, 0) is 4.79 Å². The number of fused-ring (bicyclic) bond motifs is 1. The van der Waals surface area contributed by atoms with Gasteiger partial charge in [0, 0.05) is 15.8 Å². The minimum absolute atomic E-state index is 0.0443. The monoisotopic (exact) mass is 495 g/mol. The molecule has 0 saturated heterocycles. The van der Waals surface area contributed by atoms with Crippen LogP contribution in [0.4, 0.5) is 8.78 Å². The van der Waals surface area contributed by atoms with E-state index in [9.17, 15) is 13.6 Å². The van der Waals surface area contributed by atoms with Gasteiger partial charge in [-0.1, -0.05) is 18.5 Å². The third-order valence-electron chi connectivity index (χ3n) is 6.45. The third-order valence-corrected chi connectivity index (χ3v) is 6.67. The summed E-state index contributed by atoms with van der Waals surface area (Å²) in [5.74, 6) is -0.316. The Balaban J connectivity index is 1.45. The molecule has 0 spiro atoms. The van der Waals surface area contributed by atoms with Gasteiger partial charge in [-0.25, -0.2) is 13.5 Å². The van der Waals surface area contributed by atoms with Crippen molar-refractivity contribution >= 4 is 28.4 Å². The summed E-state index contributed by atoms with van der Waals surface area (Å²) in [4.78, 5) is 12.7. The first-order chi connectivity index (χ1) is 16.7. The average Bonchev–Trinajstić information content (AvgIpc) is 3.44. The van der Waals surface area contributed by atoms with Crippen LogP contribution in [-0.4, -0.2) is 21.7 Å². The van der Waals surface area contributed by atoms with Crippen molar-refractivity contribution in [3.8, 4) is 11.4 Å². The second-order valence-electron chi connectivity index (χ2n) is 9.32. The maximum atomic E-state index is 14.2. The van der Waals surface area contributed by atoms with Crippen molar-refractivity contribution < 1.29 is 18.3 Å². The molecule has 5 rings (SSSR count). The standard InChI is InChI=1S/C27H24ClF2N3O2/c1-16(32-26(34)27(2)9-10-27)25(17-11-19(28)14-21(30)12-17)35-23-7-8-24-18(13-23)15-31-33(24)22-5-3-20(29)4-6-22/h3-8,11-16,25H,9-10H2,1-2H3,(H,32,34)/t16-,25?/m0/s1. The van der Waals surface area contributed by atoms with Crippen LogP contribution in [0.2, 0.25) is 5.02 Å². The smallest absolute Gasteiger partial charge is 0.226 e. The van der Waals surface area contributed by atoms with E-state index in [1.54, 1.807) is 35.1 Å². The zero-order valence-corrected chi connectivity index (χ0v) is 20.0. The average molecular weight is 496 g/mol. The number of nitrogens with one attached hydrogen (secondary N) is 1. The fraction of sp³-hybridized carbons (Fsp3) is 0.259. The zero-order chi connectivity index (χ0) is 24.7. The van der Waals surface area contributed by atoms with Crippen molar-refractivity contribution in [2.24, 2.45) is 5.41 Å². The number of nitrogens with zero attached hydrogens (tertiary/aromatic N) is 2. The molecule has 1 fully saturated rings. The van der Waals surface area contributed by atoms with Gasteiger partial charge in [0.15, 0.2) is 0 Å². The molecular formula is C27H24ClF2N3O2. The number of carbonyl (C=O) groups is 1. The molecule has 1 unspecified atom stereocenters. The second-order valence-corrected chi connectivity index (χ2v) is 9.75. The first kappa shape index (κ1) is 23.3. The molecule has 180 valence electrons. The number of hydrogen-bond donors (Lipinski definition) is 1. The molecule has 1 aliphatic rings. The lowest BCUT2D eigenvalue weighted by Gasteiger charge is -2.28. The molecule has 4 aromatic rings. The number of aromatic nitrogens is 2. The van der Waals surface area contributed by atoms with Crippen LogP contribution in [0.3, 0.4) is 0 Å². The highest BCUT2D eigenvalue weighted by atomic mass is 35.5. The van der Waals surface area contributed by atoms with E-state index < -0.39 is 18.0 Å². The quantitative estimate of drug-likeness (QED) is 0.323. The highest BCUT2D eigenvalue weighted by Crippen LogP contribution is 2.45. The number of carbonyl (C=O) groups excluding carboxylic acids is 1. The number of halogens is 3. The molecule has 5 nitrogen and oxygen atoms in total. The van der Waals surface area contributed by atoms with E-state index in [-0.39, 0.29) is 22.2 Å². The lowest BCUT2D eigenvalue weighted by molar-refractivity contribution is -0.127. The fourth-order valence-corrected chi connectivity index (χ4v) is 4.32. The molecule has 0 bridgehead atoms. The van der Waals surface area contributed by atoms with Gasteiger partial charge in [0.1, 0.15) is 23.5 Å². The molecule has 0 radical (unpaired) electrons. The lowest BCUT2D eigenvalue weighted by atomic mass is 10.0. The fourth-order valence-electron chi connectivity index (χ4n) is 4.09. The Bertz CT molecular complexity index is 1380. The molecule has 1 aromatic heterocycles. The molecule has 8 heteroatoms. The molecule has 0 aliphatic heterocycles. The number of ether oxygens (including phenoxy) is 1. The van der Waals surface area contributed by atoms with Crippen LogP contribution in [0, 0.1) is 17.0 Å². The predicted molar refractivity (Wildman–Crippen MR) is 131 cm³/mol. The first-order valence-electron chi connectivity index (χ1n) is 11.4. The van der Waals surface area contributed by atoms with Gasteiger partial charge in [-0.15, -0.1) is 0 Å². The van der Waals surface area contributed by atoms with Gasteiger partial charge in [0.2, 0.25) is 5.91 Å². The molecule has 1 amide bonds. The van der Waals surface area contributed by atoms with E-state index >= 15 is 0 Å². The van der Waals surface area contributed by atoms with Crippen LogP contribution >= 0.6 is 11.6 Å². The minimum Gasteiger partial charge on any atom is -0.484 e. The van der Waals surface area contributed by atoms with Gasteiger partial charge in [0.25, 0.3) is 0 Å². The summed E-state index contributed by atoms with van der Waals surface area (Å²) in [5.41, 5.74) is 1.71. The molecule has 2 atom stereocenters. The number of hydrogen-bond acceptors (Lipinski definition) is 3. The van der Waals surface area contributed by atoms with Crippen LogP contribution in [0.5, 0.6) is 5.75 Å². The molecule has 35 heavy (non-hydrogen) atoms. The zero-order valence-electron chi connectivity index (χ0n) is 19.3. The van der Waals surface area contributed by atoms with E-state index in [2.05, 4.69) is 10.4 Å². The maximum absolute atomic E-state index is 14.2. The Morgan fingerprint density at radius 3 is 2.51 bits per heavy atom. The summed E-state index contributed by atoms with van der Waals surface area (Å²) < 4.78 is 35.5. The molecular weight excluding hydrogens is 472 g/mol. The highest BCUT2D eigenvalue weighted by molar-refractivity contribution is 6.30. The molecule has 3 aromatic carbocycles. The lowest BCUT2D eigenvalue weighted by Crippen LogP contribution is -2.42. The van der Waals surface area contributed by atoms with Gasteiger partial charge in [0.05, 0.1) is 23.4 Å². The summed E-state index contributed by atoms with van der Waals surface area (Å²) >= 11 is 6.12. The Morgan fingerprint density at radius 1 is 1.09 bits per heavy atom. The Labute approximate surface area is 206 Å². The number of amides is 1. The summed E-state index contributed by atoms with van der Waals surface area (Å²) in [5, 5.41) is 8.51. The Kier molecular flexibility index (Phi) is 5.97. The van der Waals surface area contributed by atoms with Gasteiger partial charge in [-0.2, -0.15) is 5.10 Å². The van der Waals surface area contributed by atoms with E-state index in [1.807, 2.05) is 26.0 Å². The summed E-state index contributed by atoms with van der Waals surface area (Å²) in [6.45, 7) is 3.76. The Morgan fingerprint density at radius 2 is 1.83 bits per heavy atom. The van der Waals surface area contributed by atoms with E-state index in [4.69, 9.17) is 16.3 Å². The minimum atomic E-state index is -0.681. The van der Waals surface area contributed by atoms with Crippen molar-refractivity contribution in [2.45, 2.75) is 38.8 Å². The SMILES string of the molecule is C[C@H](NC(=O)C1(C)CC1)C(Oc1ccc2c(cnn2-c2ccc(F)cc2)c1)c1cc(F)cc(Cl)c1. The van der Waals surface area contributed by atoms with Crippen molar-refractivity contribution in [1.29, 1.82) is 0 Å². The summed E-state index contributed by atoms with van der Waals surface area (Å²) in [6, 6.07) is 15.3. The van der Waals surface area contributed by atoms with Crippen molar-refractivity contribution in [1.82, 2.24) is 15.1 Å². The van der Waals surface area contributed by atoms with Crippen LogP contribution in [0.15, 0.2) is 66.9 Å². The van der Waals surface area contributed by atoms with Gasteiger partial charge in [-0.3, -0.25) is 4.79 Å². The normalized spacial score (nSPS) is 16.0. The van der Waals surface area contributed by atoms with Crippen molar-refractivity contribution in [3.05, 3.63) is 89.1 Å². The van der Waals surface area contributed by atoms with Crippen LogP contribution in [0.25, 0.3) is 16.6 Å². The highest BCUT2D eigenvalue weighted by Gasteiger charge is 2.45. The topological polar surface area (TPSA) is 56.1 Å². The third kappa shape index (κ3) is 4.86. The van der Waals surface area contributed by atoms with Gasteiger partial charge < -0.3 is 10.1 Å². The summed E-state index contributed by atoms with van der Waals surface area (Å²) in [6.07, 6.45) is 2.70. The summed E-state index contributed by atoms with van der Waals surface area (Å²) in [7, 11) is 0. The maximum Gasteiger partial charge on any atom is 0.226 e. The molecule has 1 heterocycles. The van der Waals surface area contributed by atoms with E-state index in [0.29, 0.717) is 11.3 Å². The van der Waals surface area contributed by atoms with E-state index in [1.165, 1.54) is 24.3 Å². The van der Waals surface area contributed by atoms with Crippen LogP contribution < -0.4 is 10.1 Å². The predicted octanol–water partition coefficient (Wildman–Crippen LogP) is 6.38. The molecule has 1 saturated carbocycles. The van der Waals surface area contributed by atoms with E-state index in [0.717, 1.165) is 29.4 Å². The van der Waals surface area contributed by atoms with Crippen molar-refractivity contribution in [3.63, 3.8) is 0 Å². The number of rotatable bonds is 7. The van der Waals surface area contributed by atoms with Crippen LogP contribution in [0.1, 0.15) is 38.4 Å². The Hall–Kier alpha value is -3.45.